The normalized spacial score (nSPS) is 15.4. The van der Waals surface area contributed by atoms with Gasteiger partial charge in [-0.2, -0.15) is 0 Å². The van der Waals surface area contributed by atoms with E-state index >= 15 is 0 Å². The Kier molecular flexibility index (Phi) is 9.01. The average molecular weight is 550 g/mol. The van der Waals surface area contributed by atoms with E-state index in [1.54, 1.807) is 0 Å². The number of fused-ring (bicyclic) bond motifs is 1. The van der Waals surface area contributed by atoms with Crippen molar-refractivity contribution >= 4 is 0 Å². The van der Waals surface area contributed by atoms with Gasteiger partial charge in [-0.25, -0.2) is 4.98 Å². The maximum absolute atomic E-state index is 5.95. The lowest BCUT2D eigenvalue weighted by molar-refractivity contribution is 0.169. The molecule has 0 N–H and O–H groups in total. The largest absolute Gasteiger partial charge is 0.486 e. The number of aromatic nitrogens is 2. The first-order chi connectivity index (χ1) is 20.3. The first kappa shape index (κ1) is 27.6. The van der Waals surface area contributed by atoms with Crippen LogP contribution in [0.15, 0.2) is 78.9 Å². The van der Waals surface area contributed by atoms with E-state index in [1.807, 2.05) is 0 Å². The minimum Gasteiger partial charge on any atom is -0.486 e. The van der Waals surface area contributed by atoms with Gasteiger partial charge in [-0.05, 0) is 42.9 Å². The van der Waals surface area contributed by atoms with Crippen LogP contribution in [0.1, 0.15) is 63.1 Å². The number of rotatable bonds is 11. The molecule has 0 atom stereocenters. The summed E-state index contributed by atoms with van der Waals surface area (Å²) in [5.74, 6) is 3.54. The molecule has 0 bridgehead atoms. The Morgan fingerprint density at radius 3 is 2.24 bits per heavy atom. The Bertz CT molecular complexity index is 1390. The molecule has 3 aromatic carbocycles. The van der Waals surface area contributed by atoms with Gasteiger partial charge >= 0.3 is 0 Å². The van der Waals surface area contributed by atoms with Gasteiger partial charge < -0.3 is 14.0 Å². The summed E-state index contributed by atoms with van der Waals surface area (Å²) in [5.41, 5.74) is 6.06. The fourth-order valence-electron chi connectivity index (χ4n) is 6.41. The van der Waals surface area contributed by atoms with Crippen LogP contribution < -0.4 is 9.47 Å². The van der Waals surface area contributed by atoms with E-state index in [-0.39, 0.29) is 0 Å². The summed E-state index contributed by atoms with van der Waals surface area (Å²) in [6.45, 7) is 7.31. The van der Waals surface area contributed by atoms with Gasteiger partial charge in [-0.3, -0.25) is 4.90 Å². The van der Waals surface area contributed by atoms with Crippen LogP contribution in [0.5, 0.6) is 11.5 Å². The summed E-state index contributed by atoms with van der Waals surface area (Å²) in [6, 6.07) is 27.9. The SMILES string of the molecule is CCCCn1c(-c2ccccc2)nc(-c2ccccc2)c1CN(Cc1ccc2c(c1)OCCO2)CC1CCCCC1. The molecule has 1 saturated carbocycles. The number of imidazole rings is 1. The van der Waals surface area contributed by atoms with E-state index in [2.05, 4.69) is 95.3 Å². The number of hydrogen-bond donors (Lipinski definition) is 0. The number of ether oxygens (including phenoxy) is 2. The zero-order valence-corrected chi connectivity index (χ0v) is 24.4. The summed E-state index contributed by atoms with van der Waals surface area (Å²) in [7, 11) is 0. The molecule has 6 rings (SSSR count). The topological polar surface area (TPSA) is 39.5 Å². The highest BCUT2D eigenvalue weighted by Gasteiger charge is 2.24. The average Bonchev–Trinajstić information content (AvgIpc) is 3.39. The lowest BCUT2D eigenvalue weighted by Gasteiger charge is -2.31. The molecule has 0 unspecified atom stereocenters. The first-order valence-electron chi connectivity index (χ1n) is 15.6. The van der Waals surface area contributed by atoms with E-state index in [4.69, 9.17) is 14.5 Å². The smallest absolute Gasteiger partial charge is 0.161 e. The van der Waals surface area contributed by atoms with Gasteiger partial charge in [0.1, 0.15) is 19.0 Å². The van der Waals surface area contributed by atoms with Crippen molar-refractivity contribution in [1.82, 2.24) is 14.5 Å². The summed E-state index contributed by atoms with van der Waals surface area (Å²) in [4.78, 5) is 8.04. The highest BCUT2D eigenvalue weighted by Crippen LogP contribution is 2.34. The lowest BCUT2D eigenvalue weighted by atomic mass is 9.89. The van der Waals surface area contributed by atoms with Crippen molar-refractivity contribution in [2.75, 3.05) is 19.8 Å². The summed E-state index contributed by atoms with van der Waals surface area (Å²) in [5, 5.41) is 0. The lowest BCUT2D eigenvalue weighted by Crippen LogP contribution is -2.31. The van der Waals surface area contributed by atoms with E-state index in [0.717, 1.165) is 68.0 Å². The van der Waals surface area contributed by atoms with Crippen LogP contribution in [-0.4, -0.2) is 34.2 Å². The molecule has 0 amide bonds. The minimum absolute atomic E-state index is 0.613. The van der Waals surface area contributed by atoms with Crippen LogP contribution in [0.25, 0.3) is 22.6 Å². The Hall–Kier alpha value is -3.57. The first-order valence-corrected chi connectivity index (χ1v) is 15.6. The van der Waals surface area contributed by atoms with Crippen molar-refractivity contribution in [3.63, 3.8) is 0 Å². The Morgan fingerprint density at radius 2 is 1.51 bits per heavy atom. The molecule has 1 aliphatic heterocycles. The molecule has 0 spiro atoms. The van der Waals surface area contributed by atoms with Crippen LogP contribution in [0.2, 0.25) is 0 Å². The van der Waals surface area contributed by atoms with Gasteiger partial charge in [0.25, 0.3) is 0 Å². The van der Waals surface area contributed by atoms with Gasteiger partial charge in [-0.15, -0.1) is 0 Å². The second-order valence-corrected chi connectivity index (χ2v) is 11.6. The number of benzene rings is 3. The monoisotopic (exact) mass is 549 g/mol. The standard InChI is InChI=1S/C36H43N3O2/c1-2-3-21-39-32(35(30-15-9-5-10-16-30)37-36(39)31-17-11-6-12-18-31)27-38(25-28-13-7-4-8-14-28)26-29-19-20-33-34(24-29)41-23-22-40-33/h5-6,9-12,15-20,24,28H,2-4,7-8,13-14,21-23,25-27H2,1H3. The molecule has 1 aromatic heterocycles. The van der Waals surface area contributed by atoms with Crippen molar-refractivity contribution in [1.29, 1.82) is 0 Å². The molecular weight excluding hydrogens is 506 g/mol. The van der Waals surface area contributed by atoms with Crippen molar-refractivity contribution in [3.05, 3.63) is 90.1 Å². The van der Waals surface area contributed by atoms with Crippen LogP contribution in [0, 0.1) is 5.92 Å². The predicted octanol–water partition coefficient (Wildman–Crippen LogP) is 8.37. The second-order valence-electron chi connectivity index (χ2n) is 11.6. The van der Waals surface area contributed by atoms with Crippen LogP contribution in [0.4, 0.5) is 0 Å². The van der Waals surface area contributed by atoms with Gasteiger partial charge in [0.2, 0.25) is 0 Å². The Morgan fingerprint density at radius 1 is 0.805 bits per heavy atom. The molecule has 1 fully saturated rings. The van der Waals surface area contributed by atoms with Crippen molar-refractivity contribution in [3.8, 4) is 34.1 Å². The molecule has 5 heteroatoms. The zero-order chi connectivity index (χ0) is 27.9. The highest BCUT2D eigenvalue weighted by atomic mass is 16.6. The molecule has 4 aromatic rings. The maximum atomic E-state index is 5.95. The molecule has 5 nitrogen and oxygen atoms in total. The molecule has 2 aliphatic rings. The van der Waals surface area contributed by atoms with Gasteiger partial charge in [0.05, 0.1) is 11.4 Å². The molecule has 2 heterocycles. The third-order valence-corrected chi connectivity index (χ3v) is 8.51. The Labute approximate surface area is 245 Å². The Balaban J connectivity index is 1.40. The van der Waals surface area contributed by atoms with Crippen LogP contribution in [-0.2, 0) is 19.6 Å². The van der Waals surface area contributed by atoms with E-state index in [9.17, 15) is 0 Å². The summed E-state index contributed by atoms with van der Waals surface area (Å²) in [6.07, 6.45) is 9.01. The van der Waals surface area contributed by atoms with Gasteiger partial charge in [0, 0.05) is 37.3 Å². The van der Waals surface area contributed by atoms with Crippen LogP contribution >= 0.6 is 0 Å². The number of hydrogen-bond acceptors (Lipinski definition) is 4. The molecule has 1 aliphatic carbocycles. The predicted molar refractivity (Wildman–Crippen MR) is 166 cm³/mol. The molecule has 214 valence electrons. The van der Waals surface area contributed by atoms with Crippen molar-refractivity contribution in [2.24, 2.45) is 5.92 Å². The van der Waals surface area contributed by atoms with E-state index in [0.29, 0.717) is 13.2 Å². The second kappa shape index (κ2) is 13.4. The third-order valence-electron chi connectivity index (χ3n) is 8.51. The summed E-state index contributed by atoms with van der Waals surface area (Å²) < 4.78 is 14.3. The minimum atomic E-state index is 0.613. The van der Waals surface area contributed by atoms with Gasteiger partial charge in [0.15, 0.2) is 11.5 Å². The van der Waals surface area contributed by atoms with Crippen molar-refractivity contribution < 1.29 is 9.47 Å². The number of unbranched alkanes of at least 4 members (excludes halogenated alkanes) is 1. The molecular formula is C36H43N3O2. The van der Waals surface area contributed by atoms with Crippen LogP contribution in [0.3, 0.4) is 0 Å². The fraction of sp³-hybridized carbons (Fsp3) is 0.417. The maximum Gasteiger partial charge on any atom is 0.161 e. The van der Waals surface area contributed by atoms with E-state index < -0.39 is 0 Å². The molecule has 41 heavy (non-hydrogen) atoms. The van der Waals surface area contributed by atoms with E-state index in [1.165, 1.54) is 54.5 Å². The highest BCUT2D eigenvalue weighted by molar-refractivity contribution is 5.68. The number of nitrogens with zero attached hydrogens (tertiary/aromatic N) is 3. The molecule has 0 saturated heterocycles. The van der Waals surface area contributed by atoms with Gasteiger partial charge in [-0.1, -0.05) is 99.3 Å². The zero-order valence-electron chi connectivity index (χ0n) is 24.4. The fourth-order valence-corrected chi connectivity index (χ4v) is 6.41. The van der Waals surface area contributed by atoms with Crippen molar-refractivity contribution in [2.45, 2.75) is 71.5 Å². The summed E-state index contributed by atoms with van der Waals surface area (Å²) >= 11 is 0. The third kappa shape index (κ3) is 6.68. The molecule has 0 radical (unpaired) electrons. The quantitative estimate of drug-likeness (QED) is 0.188.